The van der Waals surface area contributed by atoms with E-state index in [2.05, 4.69) is 0 Å². The van der Waals surface area contributed by atoms with Crippen LogP contribution in [0.3, 0.4) is 0 Å². The first kappa shape index (κ1) is 17.2. The van der Waals surface area contributed by atoms with Crippen LogP contribution >= 0.6 is 0 Å². The van der Waals surface area contributed by atoms with E-state index in [9.17, 15) is 9.59 Å². The van der Waals surface area contributed by atoms with Crippen molar-refractivity contribution in [3.63, 3.8) is 0 Å². The summed E-state index contributed by atoms with van der Waals surface area (Å²) in [5.74, 6) is -3.94. The Hall–Kier alpha value is -1.26. The van der Waals surface area contributed by atoms with Gasteiger partial charge in [-0.25, -0.2) is 9.69 Å². The van der Waals surface area contributed by atoms with Crippen LogP contribution in [-0.2, 0) is 33.2 Å². The zero-order valence-corrected chi connectivity index (χ0v) is 15.0. The summed E-state index contributed by atoms with van der Waals surface area (Å²) in [7, 11) is 0. The fourth-order valence-corrected chi connectivity index (χ4v) is 4.10. The summed E-state index contributed by atoms with van der Waals surface area (Å²) >= 11 is 0. The van der Waals surface area contributed by atoms with Gasteiger partial charge < -0.3 is 28.4 Å². The van der Waals surface area contributed by atoms with Crippen molar-refractivity contribution in [2.24, 2.45) is 0 Å². The average Bonchev–Trinajstić information content (AvgIpc) is 2.89. The van der Waals surface area contributed by atoms with Crippen molar-refractivity contribution < 1.29 is 38.0 Å². The van der Waals surface area contributed by atoms with Crippen LogP contribution in [0.25, 0.3) is 0 Å². The lowest BCUT2D eigenvalue weighted by Crippen LogP contribution is -2.74. The third kappa shape index (κ3) is 2.13. The van der Waals surface area contributed by atoms with Crippen molar-refractivity contribution >= 4 is 12.0 Å². The second-order valence-corrected chi connectivity index (χ2v) is 7.60. The first-order chi connectivity index (χ1) is 11.6. The van der Waals surface area contributed by atoms with Gasteiger partial charge in [0.15, 0.2) is 18.2 Å². The van der Waals surface area contributed by atoms with E-state index in [4.69, 9.17) is 28.4 Å². The Balaban J connectivity index is 1.89. The van der Waals surface area contributed by atoms with Crippen molar-refractivity contribution in [2.45, 2.75) is 76.3 Å². The van der Waals surface area contributed by atoms with Crippen LogP contribution in [0.1, 0.15) is 41.0 Å². The highest BCUT2D eigenvalue weighted by atomic mass is 16.9. The van der Waals surface area contributed by atoms with Crippen molar-refractivity contribution in [1.29, 1.82) is 0 Å². The molecule has 4 atom stereocenters. The van der Waals surface area contributed by atoms with E-state index >= 15 is 0 Å². The first-order valence-electron chi connectivity index (χ1n) is 8.46. The quantitative estimate of drug-likeness (QED) is 0.689. The lowest BCUT2D eigenvalue weighted by Gasteiger charge is -2.48. The summed E-state index contributed by atoms with van der Waals surface area (Å²) in [6.45, 7) is 8.59. The molecule has 4 saturated heterocycles. The molecule has 0 N–H and O–H groups in total. The van der Waals surface area contributed by atoms with Crippen LogP contribution < -0.4 is 0 Å². The van der Waals surface area contributed by atoms with E-state index in [0.29, 0.717) is 0 Å². The highest BCUT2D eigenvalue weighted by Crippen LogP contribution is 2.59. The number of cyclic esters (lactones) is 1. The number of fused-ring (bicyclic) bond motifs is 1. The summed E-state index contributed by atoms with van der Waals surface area (Å²) in [6, 6.07) is 0. The molecule has 4 heterocycles. The fourth-order valence-electron chi connectivity index (χ4n) is 4.10. The molecule has 9 nitrogen and oxygen atoms in total. The smallest absolute Gasteiger partial charge is 0.419 e. The highest BCUT2D eigenvalue weighted by Gasteiger charge is 2.83. The van der Waals surface area contributed by atoms with Gasteiger partial charge in [0.05, 0.1) is 6.61 Å². The molecule has 0 aliphatic carbocycles. The van der Waals surface area contributed by atoms with Crippen LogP contribution in [0, 0.1) is 0 Å². The zero-order valence-electron chi connectivity index (χ0n) is 15.0. The standard InChI is InChI=1S/C16H23NO8/c1-6-10(18)17-12(19)20-8-15-16(17,25-14(4,5)24-15)11-9(22-15)7-21-13(2,3)23-11/h9,11H,6-8H2,1-5H3/t9-,11+,15-,16-/m0/s1. The third-order valence-corrected chi connectivity index (χ3v) is 4.88. The maximum absolute atomic E-state index is 12.6. The SMILES string of the molecule is CCC(=O)N1C(=O)OC[C@@]23O[C@H]4COC(C)(C)O[C@H]4[C@@]12OC(C)(C)O3. The number of imide groups is 1. The zero-order chi connectivity index (χ0) is 18.3. The number of rotatable bonds is 1. The first-order valence-corrected chi connectivity index (χ1v) is 8.46. The average molecular weight is 357 g/mol. The van der Waals surface area contributed by atoms with Gasteiger partial charge in [-0.1, -0.05) is 6.92 Å². The molecule has 0 radical (unpaired) electrons. The Morgan fingerprint density at radius 3 is 2.56 bits per heavy atom. The predicted molar refractivity (Wildman–Crippen MR) is 80.0 cm³/mol. The summed E-state index contributed by atoms with van der Waals surface area (Å²) in [5, 5.41) is 0. The van der Waals surface area contributed by atoms with E-state index in [-0.39, 0.29) is 19.6 Å². The van der Waals surface area contributed by atoms with Gasteiger partial charge in [0.2, 0.25) is 11.6 Å². The van der Waals surface area contributed by atoms with Crippen molar-refractivity contribution in [2.75, 3.05) is 13.2 Å². The molecule has 0 spiro atoms. The molecule has 0 aromatic heterocycles. The summed E-state index contributed by atoms with van der Waals surface area (Å²) in [5.41, 5.74) is -1.56. The van der Waals surface area contributed by atoms with E-state index in [1.807, 2.05) is 0 Å². The van der Waals surface area contributed by atoms with E-state index in [0.717, 1.165) is 4.90 Å². The third-order valence-electron chi connectivity index (χ3n) is 4.88. The normalized spacial score (nSPS) is 43.9. The maximum atomic E-state index is 12.6. The van der Waals surface area contributed by atoms with Crippen molar-refractivity contribution in [3.8, 4) is 0 Å². The van der Waals surface area contributed by atoms with Crippen LogP contribution in [-0.4, -0.2) is 65.4 Å². The molecule has 2 amide bonds. The molecular weight excluding hydrogens is 334 g/mol. The Kier molecular flexibility index (Phi) is 3.38. The second kappa shape index (κ2) is 4.92. The van der Waals surface area contributed by atoms with Crippen LogP contribution in [0.15, 0.2) is 0 Å². The molecular formula is C16H23NO8. The number of carbonyl (C=O) groups is 2. The minimum absolute atomic E-state index is 0.0913. The number of ether oxygens (including phenoxy) is 6. The number of hydrogen-bond donors (Lipinski definition) is 0. The van der Waals surface area contributed by atoms with Gasteiger partial charge in [-0.2, -0.15) is 0 Å². The Labute approximate surface area is 145 Å². The summed E-state index contributed by atoms with van der Waals surface area (Å²) in [6.07, 6.45) is -2.03. The van der Waals surface area contributed by atoms with Gasteiger partial charge in [0, 0.05) is 6.42 Å². The number of nitrogens with zero attached hydrogens (tertiary/aromatic N) is 1. The topological polar surface area (TPSA) is 92.8 Å². The summed E-state index contributed by atoms with van der Waals surface area (Å²) in [4.78, 5) is 26.1. The molecule has 140 valence electrons. The largest absolute Gasteiger partial charge is 0.443 e. The summed E-state index contributed by atoms with van der Waals surface area (Å²) < 4.78 is 35.3. The second-order valence-electron chi connectivity index (χ2n) is 7.60. The molecule has 0 saturated carbocycles. The molecule has 25 heavy (non-hydrogen) atoms. The van der Waals surface area contributed by atoms with Gasteiger partial charge in [0.1, 0.15) is 12.2 Å². The van der Waals surface area contributed by atoms with Crippen LogP contribution in [0.5, 0.6) is 0 Å². The Morgan fingerprint density at radius 1 is 1.16 bits per heavy atom. The molecule has 4 rings (SSSR count). The monoisotopic (exact) mass is 357 g/mol. The molecule has 4 aliphatic rings. The van der Waals surface area contributed by atoms with E-state index < -0.39 is 47.3 Å². The van der Waals surface area contributed by atoms with Gasteiger partial charge in [-0.05, 0) is 27.7 Å². The van der Waals surface area contributed by atoms with Crippen LogP contribution in [0.4, 0.5) is 4.79 Å². The molecule has 4 aliphatic heterocycles. The van der Waals surface area contributed by atoms with Gasteiger partial charge in [-0.3, -0.25) is 4.79 Å². The fraction of sp³-hybridized carbons (Fsp3) is 0.875. The molecule has 0 aromatic carbocycles. The number of hydrogen-bond acceptors (Lipinski definition) is 8. The minimum atomic E-state index is -1.56. The highest BCUT2D eigenvalue weighted by molar-refractivity contribution is 5.93. The number of carbonyl (C=O) groups excluding carboxylic acids is 2. The molecule has 0 unspecified atom stereocenters. The molecule has 4 fully saturated rings. The van der Waals surface area contributed by atoms with Crippen molar-refractivity contribution in [3.05, 3.63) is 0 Å². The lowest BCUT2D eigenvalue weighted by atomic mass is 9.92. The molecule has 0 bridgehead atoms. The van der Waals surface area contributed by atoms with Crippen LogP contribution in [0.2, 0.25) is 0 Å². The Bertz CT molecular complexity index is 626. The minimum Gasteiger partial charge on any atom is -0.443 e. The van der Waals surface area contributed by atoms with Gasteiger partial charge in [-0.15, -0.1) is 0 Å². The Morgan fingerprint density at radius 2 is 1.88 bits per heavy atom. The van der Waals surface area contributed by atoms with Crippen molar-refractivity contribution in [1.82, 2.24) is 4.90 Å². The number of amides is 2. The predicted octanol–water partition coefficient (Wildman–Crippen LogP) is 1.10. The lowest BCUT2D eigenvalue weighted by molar-refractivity contribution is -0.337. The molecule has 0 aromatic rings. The van der Waals surface area contributed by atoms with E-state index in [1.54, 1.807) is 34.6 Å². The van der Waals surface area contributed by atoms with Gasteiger partial charge in [0.25, 0.3) is 5.79 Å². The maximum Gasteiger partial charge on any atom is 0.419 e. The van der Waals surface area contributed by atoms with Gasteiger partial charge >= 0.3 is 6.09 Å². The van der Waals surface area contributed by atoms with E-state index in [1.165, 1.54) is 0 Å². The molecule has 9 heteroatoms.